The number of carbonyl (C=O) groups excluding carboxylic acids is 1. The summed E-state index contributed by atoms with van der Waals surface area (Å²) in [7, 11) is -3.19. The molecule has 1 amide bonds. The first kappa shape index (κ1) is 19.7. The average Bonchev–Trinajstić information content (AvgIpc) is 2.34. The van der Waals surface area contributed by atoms with Crippen LogP contribution in [0.2, 0.25) is 0 Å². The molecule has 7 nitrogen and oxygen atoms in total. The number of sulfone groups is 1. The molecule has 0 aromatic rings. The molecule has 1 unspecified atom stereocenters. The van der Waals surface area contributed by atoms with Gasteiger partial charge in [0.05, 0.1) is 5.75 Å². The summed E-state index contributed by atoms with van der Waals surface area (Å²) in [5.74, 6) is -0.670. The molecule has 0 aromatic carbocycles. The number of amides is 1. The van der Waals surface area contributed by atoms with E-state index in [4.69, 9.17) is 10.9 Å². The highest BCUT2D eigenvalue weighted by Crippen LogP contribution is 2.31. The van der Waals surface area contributed by atoms with Crippen molar-refractivity contribution in [3.63, 3.8) is 0 Å². The van der Waals surface area contributed by atoms with Crippen LogP contribution in [-0.4, -0.2) is 43.4 Å². The fraction of sp³-hybridized carbons (Fsp3) is 0.846. The highest BCUT2D eigenvalue weighted by atomic mass is 32.2. The molecular formula is C13H27N3O4S. The average molecular weight is 321 g/mol. The lowest BCUT2D eigenvalue weighted by molar-refractivity contribution is -0.128. The Morgan fingerprint density at radius 2 is 1.81 bits per heavy atom. The minimum atomic E-state index is -3.19. The van der Waals surface area contributed by atoms with Crippen molar-refractivity contribution in [3.05, 3.63) is 0 Å². The molecule has 0 fully saturated rings. The number of amidine groups is 1. The molecule has 0 spiro atoms. The third kappa shape index (κ3) is 5.91. The van der Waals surface area contributed by atoms with Crippen LogP contribution in [0.1, 0.15) is 46.5 Å². The normalized spacial score (nSPS) is 14.8. The third-order valence-electron chi connectivity index (χ3n) is 3.32. The van der Waals surface area contributed by atoms with Crippen molar-refractivity contribution in [3.8, 4) is 0 Å². The molecule has 4 N–H and O–H groups in total. The number of oxime groups is 1. The van der Waals surface area contributed by atoms with Crippen molar-refractivity contribution in [1.82, 2.24) is 5.32 Å². The van der Waals surface area contributed by atoms with Gasteiger partial charge in [-0.25, -0.2) is 8.42 Å². The van der Waals surface area contributed by atoms with E-state index in [1.165, 1.54) is 0 Å². The topological polar surface area (TPSA) is 122 Å². The van der Waals surface area contributed by atoms with Gasteiger partial charge in [0.2, 0.25) is 5.91 Å². The van der Waals surface area contributed by atoms with Crippen LogP contribution < -0.4 is 11.1 Å². The molecule has 0 saturated heterocycles. The molecule has 0 heterocycles. The lowest BCUT2D eigenvalue weighted by Gasteiger charge is -2.32. The Labute approximate surface area is 126 Å². The summed E-state index contributed by atoms with van der Waals surface area (Å²) in [6, 6.07) is -0.535. The molecule has 8 heteroatoms. The summed E-state index contributed by atoms with van der Waals surface area (Å²) in [4.78, 5) is 12.6. The summed E-state index contributed by atoms with van der Waals surface area (Å²) in [5.41, 5.74) is 4.66. The zero-order valence-corrected chi connectivity index (χ0v) is 14.0. The van der Waals surface area contributed by atoms with Gasteiger partial charge in [0.25, 0.3) is 0 Å². The Kier molecular flexibility index (Phi) is 7.70. The first-order valence-electron chi connectivity index (χ1n) is 7.09. The highest BCUT2D eigenvalue weighted by molar-refractivity contribution is 7.90. The standard InChI is InChI=1S/C13H27N3O4S/c1-5-7-13(8-6-2,11(14)16-18)12(17)15-10(3)9-21(4,19)20/h10,18H,5-9H2,1-4H3,(H2,14,16)(H,15,17). The van der Waals surface area contributed by atoms with E-state index >= 15 is 0 Å². The predicted molar refractivity (Wildman–Crippen MR) is 83.0 cm³/mol. The fourth-order valence-corrected chi connectivity index (χ4v) is 3.52. The van der Waals surface area contributed by atoms with Crippen molar-refractivity contribution < 1.29 is 18.4 Å². The Balaban J connectivity index is 5.28. The number of rotatable bonds is 9. The molecule has 0 saturated carbocycles. The van der Waals surface area contributed by atoms with Crippen molar-refractivity contribution in [2.24, 2.45) is 16.3 Å². The van der Waals surface area contributed by atoms with Crippen LogP contribution in [0.15, 0.2) is 5.16 Å². The van der Waals surface area contributed by atoms with Gasteiger partial charge in [-0.15, -0.1) is 0 Å². The van der Waals surface area contributed by atoms with Crippen LogP contribution in [0.5, 0.6) is 0 Å². The summed E-state index contributed by atoms with van der Waals surface area (Å²) in [6.45, 7) is 5.43. The third-order valence-corrected chi connectivity index (χ3v) is 4.42. The maximum atomic E-state index is 12.6. The SMILES string of the molecule is CCCC(CCC)(C(=O)NC(C)CS(C)(=O)=O)C(N)=NO. The number of nitrogens with one attached hydrogen (secondary N) is 1. The molecule has 0 aliphatic rings. The quantitative estimate of drug-likeness (QED) is 0.252. The molecule has 0 radical (unpaired) electrons. The van der Waals surface area contributed by atoms with Crippen molar-refractivity contribution in [2.45, 2.75) is 52.5 Å². The van der Waals surface area contributed by atoms with Gasteiger partial charge >= 0.3 is 0 Å². The Morgan fingerprint density at radius 1 is 1.33 bits per heavy atom. The molecule has 124 valence electrons. The number of hydrogen-bond acceptors (Lipinski definition) is 5. The maximum Gasteiger partial charge on any atom is 0.234 e. The summed E-state index contributed by atoms with van der Waals surface area (Å²) in [6.07, 6.45) is 3.36. The lowest BCUT2D eigenvalue weighted by Crippen LogP contribution is -2.52. The van der Waals surface area contributed by atoms with Crippen LogP contribution in [0.25, 0.3) is 0 Å². The van der Waals surface area contributed by atoms with E-state index in [0.29, 0.717) is 25.7 Å². The molecule has 0 aromatic heterocycles. The Hall–Kier alpha value is -1.31. The highest BCUT2D eigenvalue weighted by Gasteiger charge is 2.42. The first-order valence-corrected chi connectivity index (χ1v) is 9.15. The molecular weight excluding hydrogens is 294 g/mol. The van der Waals surface area contributed by atoms with Crippen LogP contribution in [0.4, 0.5) is 0 Å². The zero-order valence-electron chi connectivity index (χ0n) is 13.2. The van der Waals surface area contributed by atoms with E-state index in [1.807, 2.05) is 13.8 Å². The van der Waals surface area contributed by atoms with Gasteiger partial charge in [0, 0.05) is 12.3 Å². The van der Waals surface area contributed by atoms with E-state index < -0.39 is 27.2 Å². The number of carbonyl (C=O) groups is 1. The summed E-state index contributed by atoms with van der Waals surface area (Å²) in [5, 5.41) is 14.7. The molecule has 1 atom stereocenters. The van der Waals surface area contributed by atoms with Crippen molar-refractivity contribution >= 4 is 21.6 Å². The van der Waals surface area contributed by atoms with Gasteiger partial charge in [-0.1, -0.05) is 31.8 Å². The second-order valence-corrected chi connectivity index (χ2v) is 7.72. The predicted octanol–water partition coefficient (Wildman–Crippen LogP) is 0.869. The van der Waals surface area contributed by atoms with Crippen LogP contribution in [0, 0.1) is 5.41 Å². The molecule has 0 bridgehead atoms. The van der Waals surface area contributed by atoms with E-state index in [-0.39, 0.29) is 11.6 Å². The van der Waals surface area contributed by atoms with Gasteiger partial charge in [-0.3, -0.25) is 4.79 Å². The smallest absolute Gasteiger partial charge is 0.234 e. The Bertz CT molecular complexity index is 468. The lowest BCUT2D eigenvalue weighted by atomic mass is 9.77. The van der Waals surface area contributed by atoms with Gasteiger partial charge in [0.1, 0.15) is 15.3 Å². The monoisotopic (exact) mass is 321 g/mol. The van der Waals surface area contributed by atoms with E-state index in [1.54, 1.807) is 6.92 Å². The second kappa shape index (κ2) is 8.21. The first-order chi connectivity index (χ1) is 9.62. The molecule has 21 heavy (non-hydrogen) atoms. The Morgan fingerprint density at radius 3 is 2.14 bits per heavy atom. The fourth-order valence-electron chi connectivity index (χ4n) is 2.53. The minimum Gasteiger partial charge on any atom is -0.409 e. The van der Waals surface area contributed by atoms with E-state index in [0.717, 1.165) is 6.26 Å². The van der Waals surface area contributed by atoms with Crippen molar-refractivity contribution in [1.29, 1.82) is 0 Å². The van der Waals surface area contributed by atoms with E-state index in [2.05, 4.69) is 10.5 Å². The molecule has 0 aliphatic heterocycles. The molecule has 0 aliphatic carbocycles. The van der Waals surface area contributed by atoms with Gasteiger partial charge in [-0.05, 0) is 19.8 Å². The number of nitrogens with zero attached hydrogens (tertiary/aromatic N) is 1. The van der Waals surface area contributed by atoms with Crippen molar-refractivity contribution in [2.75, 3.05) is 12.0 Å². The van der Waals surface area contributed by atoms with Crippen LogP contribution in [-0.2, 0) is 14.6 Å². The number of hydrogen-bond donors (Lipinski definition) is 3. The minimum absolute atomic E-state index is 0.129. The van der Waals surface area contributed by atoms with Gasteiger partial charge in [0.15, 0.2) is 5.84 Å². The zero-order chi connectivity index (χ0) is 16.7. The van der Waals surface area contributed by atoms with Gasteiger partial charge < -0.3 is 16.3 Å². The largest absolute Gasteiger partial charge is 0.409 e. The van der Waals surface area contributed by atoms with E-state index in [9.17, 15) is 13.2 Å². The van der Waals surface area contributed by atoms with Crippen LogP contribution in [0.3, 0.4) is 0 Å². The van der Waals surface area contributed by atoms with Gasteiger partial charge in [-0.2, -0.15) is 0 Å². The second-order valence-electron chi connectivity index (χ2n) is 5.53. The number of nitrogens with two attached hydrogens (primary N) is 1. The molecule has 0 rings (SSSR count). The maximum absolute atomic E-state index is 12.6. The summed E-state index contributed by atoms with van der Waals surface area (Å²) < 4.78 is 22.5. The van der Waals surface area contributed by atoms with Crippen LogP contribution >= 0.6 is 0 Å². The summed E-state index contributed by atoms with van der Waals surface area (Å²) >= 11 is 0.